The summed E-state index contributed by atoms with van der Waals surface area (Å²) in [6.07, 6.45) is 1.59. The van der Waals surface area contributed by atoms with Crippen molar-refractivity contribution in [3.05, 3.63) is 47.1 Å². The fraction of sp³-hybridized carbons (Fsp3) is 0.200. The zero-order chi connectivity index (χ0) is 14.8. The molecule has 0 aliphatic carbocycles. The Morgan fingerprint density at radius 3 is 3.00 bits per heavy atom. The Morgan fingerprint density at radius 2 is 2.19 bits per heavy atom. The number of nitrogen functional groups attached to an aromatic ring is 1. The summed E-state index contributed by atoms with van der Waals surface area (Å²) in [6.45, 7) is 3.09. The van der Waals surface area contributed by atoms with Crippen LogP contribution in [0.2, 0.25) is 5.02 Å². The Balaban J connectivity index is 1.75. The van der Waals surface area contributed by atoms with Gasteiger partial charge in [-0.3, -0.25) is 4.57 Å². The number of aromatic nitrogens is 3. The number of fused-ring (bicyclic) bond motifs is 1. The van der Waals surface area contributed by atoms with Gasteiger partial charge in [-0.2, -0.15) is 0 Å². The SMILES string of the molecule is Cc1cccc(OCCn2c(N)nc3cc(Cl)cnc32)c1. The van der Waals surface area contributed by atoms with Crippen LogP contribution in [-0.4, -0.2) is 21.1 Å². The summed E-state index contributed by atoms with van der Waals surface area (Å²) in [5, 5.41) is 0.545. The molecule has 0 atom stereocenters. The molecule has 6 heteroatoms. The van der Waals surface area contributed by atoms with Gasteiger partial charge in [-0.25, -0.2) is 9.97 Å². The van der Waals surface area contributed by atoms with Gasteiger partial charge in [0.2, 0.25) is 5.95 Å². The van der Waals surface area contributed by atoms with Crippen LogP contribution in [0, 0.1) is 6.92 Å². The van der Waals surface area contributed by atoms with Crippen LogP contribution in [0.1, 0.15) is 5.56 Å². The molecule has 2 N–H and O–H groups in total. The van der Waals surface area contributed by atoms with Gasteiger partial charge in [0.15, 0.2) is 5.65 Å². The van der Waals surface area contributed by atoms with Crippen LogP contribution in [0.15, 0.2) is 36.5 Å². The number of pyridine rings is 1. The van der Waals surface area contributed by atoms with Gasteiger partial charge in [0.05, 0.1) is 11.6 Å². The first-order valence-electron chi connectivity index (χ1n) is 6.60. The molecule has 2 aromatic heterocycles. The van der Waals surface area contributed by atoms with Crippen molar-refractivity contribution < 1.29 is 4.74 Å². The topological polar surface area (TPSA) is 66.0 Å². The molecule has 0 unspecified atom stereocenters. The Kier molecular flexibility index (Phi) is 3.66. The fourth-order valence-corrected chi connectivity index (χ4v) is 2.34. The number of anilines is 1. The lowest BCUT2D eigenvalue weighted by atomic mass is 10.2. The van der Waals surface area contributed by atoms with Crippen LogP contribution in [0.4, 0.5) is 5.95 Å². The number of ether oxygens (including phenoxy) is 1. The van der Waals surface area contributed by atoms with E-state index < -0.39 is 0 Å². The maximum absolute atomic E-state index is 5.92. The van der Waals surface area contributed by atoms with Crippen LogP contribution in [0.25, 0.3) is 11.2 Å². The summed E-state index contributed by atoms with van der Waals surface area (Å²) in [5.41, 5.74) is 8.49. The van der Waals surface area contributed by atoms with Gasteiger partial charge in [-0.15, -0.1) is 0 Å². The highest BCUT2D eigenvalue weighted by molar-refractivity contribution is 6.31. The predicted molar refractivity (Wildman–Crippen MR) is 83.6 cm³/mol. The minimum atomic E-state index is 0.410. The fourth-order valence-electron chi connectivity index (χ4n) is 2.18. The summed E-state index contributed by atoms with van der Waals surface area (Å²) in [4.78, 5) is 8.53. The molecule has 2 heterocycles. The van der Waals surface area contributed by atoms with Crippen LogP contribution < -0.4 is 10.5 Å². The van der Waals surface area contributed by atoms with E-state index in [1.165, 1.54) is 0 Å². The number of rotatable bonds is 4. The monoisotopic (exact) mass is 302 g/mol. The minimum Gasteiger partial charge on any atom is -0.492 e. The van der Waals surface area contributed by atoms with Crippen molar-refractivity contribution in [3.63, 3.8) is 0 Å². The summed E-state index contributed by atoms with van der Waals surface area (Å²) in [6, 6.07) is 9.67. The largest absolute Gasteiger partial charge is 0.492 e. The molecule has 0 radical (unpaired) electrons. The molecule has 0 aliphatic heterocycles. The van der Waals surface area contributed by atoms with Crippen molar-refractivity contribution in [2.24, 2.45) is 0 Å². The molecule has 0 saturated heterocycles. The maximum atomic E-state index is 5.92. The van der Waals surface area contributed by atoms with Gasteiger partial charge in [0.25, 0.3) is 0 Å². The summed E-state index contributed by atoms with van der Waals surface area (Å²) < 4.78 is 7.55. The molecule has 0 fully saturated rings. The molecule has 0 amide bonds. The van der Waals surface area contributed by atoms with E-state index in [1.54, 1.807) is 12.3 Å². The normalized spacial score (nSPS) is 11.0. The smallest absolute Gasteiger partial charge is 0.202 e. The predicted octanol–water partition coefficient (Wildman–Crippen LogP) is 3.05. The Labute approximate surface area is 127 Å². The molecule has 0 saturated carbocycles. The highest BCUT2D eigenvalue weighted by Gasteiger charge is 2.09. The van der Waals surface area contributed by atoms with Crippen molar-refractivity contribution in [2.75, 3.05) is 12.3 Å². The third-order valence-corrected chi connectivity index (χ3v) is 3.36. The molecule has 3 rings (SSSR count). The Hall–Kier alpha value is -2.27. The van der Waals surface area contributed by atoms with Crippen molar-refractivity contribution in [2.45, 2.75) is 13.5 Å². The number of benzene rings is 1. The van der Waals surface area contributed by atoms with E-state index in [0.717, 1.165) is 11.3 Å². The van der Waals surface area contributed by atoms with Gasteiger partial charge in [-0.1, -0.05) is 23.7 Å². The summed E-state index contributed by atoms with van der Waals surface area (Å²) in [5.74, 6) is 1.25. The van der Waals surface area contributed by atoms with Gasteiger partial charge in [0, 0.05) is 6.20 Å². The number of halogens is 1. The van der Waals surface area contributed by atoms with Crippen LogP contribution in [0.5, 0.6) is 5.75 Å². The summed E-state index contributed by atoms with van der Waals surface area (Å²) >= 11 is 5.90. The molecule has 21 heavy (non-hydrogen) atoms. The zero-order valence-corrected chi connectivity index (χ0v) is 12.3. The van der Waals surface area contributed by atoms with Gasteiger partial charge in [-0.05, 0) is 30.7 Å². The summed E-state index contributed by atoms with van der Waals surface area (Å²) in [7, 11) is 0. The number of aryl methyl sites for hydroxylation is 1. The van der Waals surface area contributed by atoms with E-state index in [0.29, 0.717) is 35.3 Å². The first-order valence-corrected chi connectivity index (χ1v) is 6.98. The molecule has 0 spiro atoms. The van der Waals surface area contributed by atoms with Crippen molar-refractivity contribution in [3.8, 4) is 5.75 Å². The second-order valence-electron chi connectivity index (χ2n) is 4.78. The molecule has 0 bridgehead atoms. The number of nitrogens with two attached hydrogens (primary N) is 1. The average Bonchev–Trinajstić information content (AvgIpc) is 2.74. The first kappa shape index (κ1) is 13.7. The van der Waals surface area contributed by atoms with Gasteiger partial charge >= 0.3 is 0 Å². The van der Waals surface area contributed by atoms with E-state index in [-0.39, 0.29) is 0 Å². The third kappa shape index (κ3) is 2.92. The second kappa shape index (κ2) is 5.61. The van der Waals surface area contributed by atoms with Gasteiger partial charge in [0.1, 0.15) is 17.9 Å². The van der Waals surface area contributed by atoms with Crippen LogP contribution >= 0.6 is 11.6 Å². The molecule has 3 aromatic rings. The number of imidazole rings is 1. The molecule has 0 aliphatic rings. The lowest BCUT2D eigenvalue weighted by Gasteiger charge is -2.09. The molecule has 108 valence electrons. The van der Waals surface area contributed by atoms with Crippen LogP contribution in [0.3, 0.4) is 0 Å². The third-order valence-electron chi connectivity index (χ3n) is 3.15. The standard InChI is InChI=1S/C15H15ClN4O/c1-10-3-2-4-12(7-10)21-6-5-20-14-13(19-15(20)17)8-11(16)9-18-14/h2-4,7-9H,5-6H2,1H3,(H2,17,19). The molecular weight excluding hydrogens is 288 g/mol. The van der Waals surface area contributed by atoms with Crippen molar-refractivity contribution in [1.82, 2.24) is 14.5 Å². The lowest BCUT2D eigenvalue weighted by Crippen LogP contribution is -2.11. The van der Waals surface area contributed by atoms with E-state index in [1.807, 2.05) is 35.8 Å². The minimum absolute atomic E-state index is 0.410. The lowest BCUT2D eigenvalue weighted by molar-refractivity contribution is 0.300. The quantitative estimate of drug-likeness (QED) is 0.804. The van der Waals surface area contributed by atoms with E-state index in [2.05, 4.69) is 9.97 Å². The maximum Gasteiger partial charge on any atom is 0.202 e. The number of hydrogen-bond acceptors (Lipinski definition) is 4. The van der Waals surface area contributed by atoms with E-state index >= 15 is 0 Å². The highest BCUT2D eigenvalue weighted by atomic mass is 35.5. The Morgan fingerprint density at radius 1 is 1.33 bits per heavy atom. The van der Waals surface area contributed by atoms with Gasteiger partial charge < -0.3 is 10.5 Å². The van der Waals surface area contributed by atoms with Crippen molar-refractivity contribution in [1.29, 1.82) is 0 Å². The Bertz CT molecular complexity index is 784. The zero-order valence-electron chi connectivity index (χ0n) is 11.6. The second-order valence-corrected chi connectivity index (χ2v) is 5.22. The van der Waals surface area contributed by atoms with Crippen molar-refractivity contribution >= 4 is 28.7 Å². The first-order chi connectivity index (χ1) is 10.1. The molecular formula is C15H15ClN4O. The average molecular weight is 303 g/mol. The molecule has 5 nitrogen and oxygen atoms in total. The van der Waals surface area contributed by atoms with E-state index in [4.69, 9.17) is 22.1 Å². The number of hydrogen-bond donors (Lipinski definition) is 1. The number of nitrogens with zero attached hydrogens (tertiary/aromatic N) is 3. The highest BCUT2D eigenvalue weighted by Crippen LogP contribution is 2.19. The van der Waals surface area contributed by atoms with Crippen LogP contribution in [-0.2, 0) is 6.54 Å². The van der Waals surface area contributed by atoms with E-state index in [9.17, 15) is 0 Å². The molecule has 1 aromatic carbocycles.